The Kier molecular flexibility index (Phi) is 3.41. The van der Waals surface area contributed by atoms with Gasteiger partial charge in [0, 0.05) is 18.8 Å². The number of amides is 1. The van der Waals surface area contributed by atoms with E-state index in [1.807, 2.05) is 47.6 Å². The maximum absolute atomic E-state index is 12.5. The third kappa shape index (κ3) is 2.27. The van der Waals surface area contributed by atoms with Gasteiger partial charge in [0.1, 0.15) is 5.84 Å². The highest BCUT2D eigenvalue weighted by molar-refractivity contribution is 5.94. The van der Waals surface area contributed by atoms with Gasteiger partial charge in [-0.1, -0.05) is 37.3 Å². The van der Waals surface area contributed by atoms with E-state index in [4.69, 9.17) is 0 Å². The molecule has 0 fully saturated rings. The van der Waals surface area contributed by atoms with E-state index in [2.05, 4.69) is 17.5 Å². The molecule has 0 aromatic heterocycles. The zero-order valence-corrected chi connectivity index (χ0v) is 11.5. The fourth-order valence-electron chi connectivity index (χ4n) is 2.45. The number of fused-ring (bicyclic) bond motifs is 1. The lowest BCUT2D eigenvalue weighted by atomic mass is 10.2. The predicted octanol–water partition coefficient (Wildman–Crippen LogP) is 1.84. The number of nitrogens with one attached hydrogen (secondary N) is 1. The van der Waals surface area contributed by atoms with Crippen molar-refractivity contribution >= 4 is 11.7 Å². The monoisotopic (exact) mass is 270 g/mol. The van der Waals surface area contributed by atoms with Crippen LogP contribution in [0.5, 0.6) is 0 Å². The Bertz CT molecular complexity index is 552. The average Bonchev–Trinajstić information content (AvgIpc) is 2.88. The van der Waals surface area contributed by atoms with Crippen molar-refractivity contribution in [3.63, 3.8) is 0 Å². The summed E-state index contributed by atoms with van der Waals surface area (Å²) in [6, 6.07) is 9.98. The lowest BCUT2D eigenvalue weighted by molar-refractivity contribution is -0.134. The molecule has 0 saturated heterocycles. The van der Waals surface area contributed by atoms with Crippen LogP contribution in [0.1, 0.15) is 25.3 Å². The molecule has 104 valence electrons. The number of rotatable bonds is 4. The summed E-state index contributed by atoms with van der Waals surface area (Å²) in [5, 5.41) is 4.26. The molecule has 5 heteroatoms. The molecule has 1 aromatic rings. The van der Waals surface area contributed by atoms with Gasteiger partial charge in [-0.15, -0.1) is 0 Å². The molecular formula is C15H18N4O. The molecule has 3 rings (SSSR count). The van der Waals surface area contributed by atoms with Crippen molar-refractivity contribution in [2.75, 3.05) is 0 Å². The van der Waals surface area contributed by atoms with Crippen LogP contribution in [0.4, 0.5) is 0 Å². The number of carbonyl (C=O) groups excluding carboxylic acids is 1. The van der Waals surface area contributed by atoms with Crippen molar-refractivity contribution in [2.45, 2.75) is 32.5 Å². The van der Waals surface area contributed by atoms with E-state index in [1.165, 1.54) is 0 Å². The van der Waals surface area contributed by atoms with Crippen molar-refractivity contribution in [1.82, 2.24) is 15.2 Å². The lowest BCUT2D eigenvalue weighted by Gasteiger charge is -2.32. The zero-order chi connectivity index (χ0) is 13.9. The second-order valence-corrected chi connectivity index (χ2v) is 4.97. The molecule has 20 heavy (non-hydrogen) atoms. The molecule has 1 aromatic carbocycles. The van der Waals surface area contributed by atoms with Crippen LogP contribution in [-0.2, 0) is 11.3 Å². The number of hydrogen-bond donors (Lipinski definition) is 1. The largest absolute Gasteiger partial charge is 0.310 e. The van der Waals surface area contributed by atoms with Crippen molar-refractivity contribution in [3.05, 3.63) is 48.3 Å². The highest BCUT2D eigenvalue weighted by Crippen LogP contribution is 2.19. The number of amidine groups is 1. The number of benzene rings is 1. The Balaban J connectivity index is 1.73. The van der Waals surface area contributed by atoms with Gasteiger partial charge in [-0.25, -0.2) is 0 Å². The van der Waals surface area contributed by atoms with Gasteiger partial charge < -0.3 is 9.80 Å². The van der Waals surface area contributed by atoms with Crippen LogP contribution < -0.4 is 5.43 Å². The molecule has 1 N–H and O–H groups in total. The van der Waals surface area contributed by atoms with Crippen molar-refractivity contribution < 1.29 is 4.79 Å². The van der Waals surface area contributed by atoms with E-state index >= 15 is 0 Å². The zero-order valence-electron chi connectivity index (χ0n) is 11.5. The highest BCUT2D eigenvalue weighted by atomic mass is 16.2. The highest BCUT2D eigenvalue weighted by Gasteiger charge is 2.36. The Morgan fingerprint density at radius 1 is 1.25 bits per heavy atom. The predicted molar refractivity (Wildman–Crippen MR) is 77.2 cm³/mol. The second-order valence-electron chi connectivity index (χ2n) is 4.97. The maximum Gasteiger partial charge on any atom is 0.272 e. The Morgan fingerprint density at radius 2 is 2.05 bits per heavy atom. The van der Waals surface area contributed by atoms with Crippen molar-refractivity contribution in [3.8, 4) is 0 Å². The summed E-state index contributed by atoms with van der Waals surface area (Å²) in [5.41, 5.74) is 4.05. The van der Waals surface area contributed by atoms with E-state index in [1.54, 1.807) is 4.90 Å². The van der Waals surface area contributed by atoms with E-state index < -0.39 is 0 Å². The molecule has 0 aliphatic carbocycles. The Morgan fingerprint density at radius 3 is 2.80 bits per heavy atom. The maximum atomic E-state index is 12.5. The molecule has 1 unspecified atom stereocenters. The first kappa shape index (κ1) is 12.7. The van der Waals surface area contributed by atoms with Gasteiger partial charge in [-0.3, -0.25) is 10.2 Å². The molecule has 2 heterocycles. The van der Waals surface area contributed by atoms with Crippen LogP contribution in [0.25, 0.3) is 0 Å². The van der Waals surface area contributed by atoms with Crippen LogP contribution in [0, 0.1) is 0 Å². The smallest absolute Gasteiger partial charge is 0.272 e. The molecule has 2 aliphatic rings. The average molecular weight is 270 g/mol. The second kappa shape index (κ2) is 5.36. The van der Waals surface area contributed by atoms with Gasteiger partial charge in [0.05, 0.1) is 6.54 Å². The fraction of sp³-hybridized carbons (Fsp3) is 0.333. The molecule has 0 radical (unpaired) electrons. The minimum Gasteiger partial charge on any atom is -0.310 e. The van der Waals surface area contributed by atoms with Gasteiger partial charge in [0.25, 0.3) is 5.91 Å². The standard InChI is InChI=1S/C15H18N4O/c1-2-6-13-16-17-14-15(20)18(9-10-19(13)14)11-12-7-4-3-5-8-12/h3-5,7-10,14,17H,2,6,11H2,1H3. The van der Waals surface area contributed by atoms with E-state index in [0.717, 1.165) is 24.2 Å². The molecular weight excluding hydrogens is 252 g/mol. The first-order valence-electron chi connectivity index (χ1n) is 6.92. The van der Waals surface area contributed by atoms with Crippen molar-refractivity contribution in [1.29, 1.82) is 0 Å². The summed E-state index contributed by atoms with van der Waals surface area (Å²) < 4.78 is 0. The van der Waals surface area contributed by atoms with Crippen LogP contribution in [0.15, 0.2) is 47.8 Å². The van der Waals surface area contributed by atoms with Gasteiger partial charge in [-0.2, -0.15) is 5.10 Å². The fourth-order valence-corrected chi connectivity index (χ4v) is 2.45. The van der Waals surface area contributed by atoms with Gasteiger partial charge in [0.2, 0.25) is 6.17 Å². The molecule has 1 atom stereocenters. The summed E-state index contributed by atoms with van der Waals surface area (Å²) >= 11 is 0. The molecule has 0 spiro atoms. The summed E-state index contributed by atoms with van der Waals surface area (Å²) in [6.07, 6.45) is 5.28. The number of hydrazone groups is 1. The Hall–Kier alpha value is -2.30. The van der Waals surface area contributed by atoms with E-state index in [9.17, 15) is 4.79 Å². The van der Waals surface area contributed by atoms with Crippen LogP contribution in [0.3, 0.4) is 0 Å². The van der Waals surface area contributed by atoms with E-state index in [0.29, 0.717) is 6.54 Å². The van der Waals surface area contributed by atoms with Gasteiger partial charge in [0.15, 0.2) is 0 Å². The summed E-state index contributed by atoms with van der Waals surface area (Å²) in [6.45, 7) is 2.69. The molecule has 1 amide bonds. The van der Waals surface area contributed by atoms with Crippen LogP contribution in [-0.4, -0.2) is 27.7 Å². The molecule has 5 nitrogen and oxygen atoms in total. The van der Waals surface area contributed by atoms with E-state index in [-0.39, 0.29) is 12.1 Å². The summed E-state index contributed by atoms with van der Waals surface area (Å²) in [5.74, 6) is 0.965. The minimum absolute atomic E-state index is 0.0335. The van der Waals surface area contributed by atoms with Gasteiger partial charge in [-0.05, 0) is 12.0 Å². The number of hydrogen-bond acceptors (Lipinski definition) is 4. The summed E-state index contributed by atoms with van der Waals surface area (Å²) in [7, 11) is 0. The molecule has 0 bridgehead atoms. The van der Waals surface area contributed by atoms with Crippen LogP contribution in [0.2, 0.25) is 0 Å². The topological polar surface area (TPSA) is 47.9 Å². The third-order valence-electron chi connectivity index (χ3n) is 3.49. The van der Waals surface area contributed by atoms with Crippen LogP contribution >= 0.6 is 0 Å². The number of carbonyl (C=O) groups is 1. The lowest BCUT2D eigenvalue weighted by Crippen LogP contribution is -2.51. The molecule has 0 saturated carbocycles. The SMILES string of the molecule is CCCC1=NNC2C(=O)N(Cc3ccccc3)C=CN12. The first-order valence-corrected chi connectivity index (χ1v) is 6.92. The normalized spacial score (nSPS) is 20.8. The van der Waals surface area contributed by atoms with Gasteiger partial charge >= 0.3 is 0 Å². The first-order chi connectivity index (χ1) is 9.79. The quantitative estimate of drug-likeness (QED) is 0.908. The third-order valence-corrected chi connectivity index (χ3v) is 3.49. The van der Waals surface area contributed by atoms with Crippen molar-refractivity contribution in [2.24, 2.45) is 5.10 Å². The number of nitrogens with zero attached hydrogens (tertiary/aromatic N) is 3. The minimum atomic E-state index is -0.384. The summed E-state index contributed by atoms with van der Waals surface area (Å²) in [4.78, 5) is 16.1. The Labute approximate surface area is 118 Å². The molecule has 2 aliphatic heterocycles.